The fraction of sp³-hybridized carbons (Fsp3) is 0.444. The van der Waals surface area contributed by atoms with Crippen molar-refractivity contribution in [2.75, 3.05) is 11.9 Å². The Labute approximate surface area is 176 Å². The van der Waals surface area contributed by atoms with Gasteiger partial charge in [-0.05, 0) is 25.8 Å². The number of thiazole rings is 1. The third-order valence-corrected chi connectivity index (χ3v) is 5.62. The standard InChI is InChI=1S/C18H19BF3N5O2S/c1-2-23-17(29)26-12-7-10(11(19)8-24-12)16-27-14(18(20,21)22)13(30-16)15(28)25-9-5-3-4-6-9/h7-9H,2-6H2,1H3,(H,25,28)(H2,23,24,26,29). The lowest BCUT2D eigenvalue weighted by Gasteiger charge is -2.12. The third-order valence-electron chi connectivity index (χ3n) is 4.54. The molecule has 12 heteroatoms. The first-order chi connectivity index (χ1) is 14.2. The van der Waals surface area contributed by atoms with Crippen LogP contribution in [-0.2, 0) is 6.18 Å². The van der Waals surface area contributed by atoms with Gasteiger partial charge >= 0.3 is 12.2 Å². The number of anilines is 1. The SMILES string of the molecule is [B]c1cnc(NC(=O)NCC)cc1-c1nc(C(F)(F)F)c(C(=O)NC2CCCC2)s1. The van der Waals surface area contributed by atoms with Crippen molar-refractivity contribution >= 4 is 42.4 Å². The topological polar surface area (TPSA) is 96.0 Å². The average molecular weight is 437 g/mol. The van der Waals surface area contributed by atoms with Crippen LogP contribution in [0.25, 0.3) is 10.6 Å². The quantitative estimate of drug-likeness (QED) is 0.627. The van der Waals surface area contributed by atoms with E-state index < -0.39 is 28.7 Å². The fourth-order valence-corrected chi connectivity index (χ4v) is 4.17. The Bertz CT molecular complexity index is 944. The van der Waals surface area contributed by atoms with Crippen LogP contribution in [0.4, 0.5) is 23.8 Å². The highest BCUT2D eigenvalue weighted by Crippen LogP contribution is 2.37. The number of carbonyl (C=O) groups is 2. The summed E-state index contributed by atoms with van der Waals surface area (Å²) in [6, 6.07) is 0.665. The summed E-state index contributed by atoms with van der Waals surface area (Å²) in [5.41, 5.74) is -1.04. The predicted octanol–water partition coefficient (Wildman–Crippen LogP) is 2.83. The highest BCUT2D eigenvalue weighted by atomic mass is 32.1. The molecule has 0 spiro atoms. The van der Waals surface area contributed by atoms with Gasteiger partial charge in [0.2, 0.25) is 0 Å². The number of hydrogen-bond acceptors (Lipinski definition) is 5. The average Bonchev–Trinajstić information content (AvgIpc) is 3.33. The Morgan fingerprint density at radius 1 is 1.30 bits per heavy atom. The summed E-state index contributed by atoms with van der Waals surface area (Å²) in [5, 5.41) is 7.55. The van der Waals surface area contributed by atoms with E-state index in [2.05, 4.69) is 25.9 Å². The van der Waals surface area contributed by atoms with E-state index in [4.69, 9.17) is 7.85 Å². The number of rotatable bonds is 5. The number of urea groups is 1. The lowest BCUT2D eigenvalue weighted by atomic mass is 9.93. The number of alkyl halides is 3. The molecule has 7 nitrogen and oxygen atoms in total. The van der Waals surface area contributed by atoms with Gasteiger partial charge in [0.05, 0.1) is 0 Å². The van der Waals surface area contributed by atoms with Gasteiger partial charge in [-0.3, -0.25) is 10.1 Å². The maximum Gasteiger partial charge on any atom is 0.435 e. The maximum atomic E-state index is 13.5. The van der Waals surface area contributed by atoms with E-state index in [1.807, 2.05) is 0 Å². The number of nitrogens with zero attached hydrogens (tertiary/aromatic N) is 2. The molecule has 1 saturated carbocycles. The molecular formula is C18H19BF3N5O2S. The first-order valence-corrected chi connectivity index (χ1v) is 10.2. The Morgan fingerprint density at radius 3 is 2.63 bits per heavy atom. The van der Waals surface area contributed by atoms with E-state index in [0.29, 0.717) is 17.9 Å². The number of carbonyl (C=O) groups excluding carboxylic acids is 2. The Kier molecular flexibility index (Phi) is 6.64. The minimum atomic E-state index is -4.80. The molecule has 0 aromatic carbocycles. The van der Waals surface area contributed by atoms with Crippen LogP contribution in [0, 0.1) is 0 Å². The van der Waals surface area contributed by atoms with Crippen LogP contribution in [-0.4, -0.2) is 42.3 Å². The van der Waals surface area contributed by atoms with Gasteiger partial charge in [-0.1, -0.05) is 18.3 Å². The highest BCUT2D eigenvalue weighted by Gasteiger charge is 2.40. The van der Waals surface area contributed by atoms with E-state index in [-0.39, 0.29) is 27.9 Å². The Balaban J connectivity index is 1.95. The molecule has 1 aliphatic rings. The second-order valence-electron chi connectivity index (χ2n) is 6.79. The number of halogens is 3. The van der Waals surface area contributed by atoms with E-state index in [0.717, 1.165) is 25.7 Å². The second-order valence-corrected chi connectivity index (χ2v) is 7.79. The summed E-state index contributed by atoms with van der Waals surface area (Å²) in [6.07, 6.45) is -0.249. The molecule has 0 unspecified atom stereocenters. The summed E-state index contributed by atoms with van der Waals surface area (Å²) in [4.78, 5) is 31.3. The molecule has 3 amide bonds. The molecule has 2 aromatic rings. The number of hydrogen-bond donors (Lipinski definition) is 3. The van der Waals surface area contributed by atoms with Crippen LogP contribution in [0.2, 0.25) is 0 Å². The molecule has 30 heavy (non-hydrogen) atoms. The lowest BCUT2D eigenvalue weighted by Crippen LogP contribution is -2.33. The molecule has 2 radical (unpaired) electrons. The van der Waals surface area contributed by atoms with Crippen molar-refractivity contribution in [1.82, 2.24) is 20.6 Å². The zero-order valence-corrected chi connectivity index (χ0v) is 16.9. The van der Waals surface area contributed by atoms with Crippen LogP contribution in [0.15, 0.2) is 12.3 Å². The Morgan fingerprint density at radius 2 is 2.00 bits per heavy atom. The number of nitrogens with one attached hydrogen (secondary N) is 3. The molecular weight excluding hydrogens is 418 g/mol. The zero-order chi connectivity index (χ0) is 21.9. The van der Waals surface area contributed by atoms with Gasteiger partial charge in [-0.15, -0.1) is 11.3 Å². The normalized spacial score (nSPS) is 14.5. The Hall–Kier alpha value is -2.63. The number of pyridine rings is 1. The van der Waals surface area contributed by atoms with Crippen molar-refractivity contribution in [2.24, 2.45) is 0 Å². The molecule has 1 fully saturated rings. The van der Waals surface area contributed by atoms with Gasteiger partial charge in [-0.2, -0.15) is 13.2 Å². The van der Waals surface area contributed by atoms with Crippen molar-refractivity contribution in [1.29, 1.82) is 0 Å². The summed E-state index contributed by atoms with van der Waals surface area (Å²) in [6.45, 7) is 2.11. The van der Waals surface area contributed by atoms with Gasteiger partial charge < -0.3 is 10.6 Å². The summed E-state index contributed by atoms with van der Waals surface area (Å²) >= 11 is 0.604. The molecule has 158 valence electrons. The molecule has 1 aliphatic carbocycles. The first kappa shape index (κ1) is 22.1. The molecule has 0 saturated heterocycles. The van der Waals surface area contributed by atoms with E-state index in [1.165, 1.54) is 12.3 Å². The molecule has 0 atom stereocenters. The summed E-state index contributed by atoms with van der Waals surface area (Å²) in [5.74, 6) is -0.711. The van der Waals surface area contributed by atoms with Gasteiger partial charge in [0.1, 0.15) is 23.5 Å². The minimum Gasteiger partial charge on any atom is -0.349 e. The van der Waals surface area contributed by atoms with Gasteiger partial charge in [-0.25, -0.2) is 14.8 Å². The van der Waals surface area contributed by atoms with Crippen molar-refractivity contribution < 1.29 is 22.8 Å². The number of aromatic nitrogens is 2. The van der Waals surface area contributed by atoms with Crippen molar-refractivity contribution in [3.8, 4) is 10.6 Å². The van der Waals surface area contributed by atoms with E-state index in [1.54, 1.807) is 6.92 Å². The van der Waals surface area contributed by atoms with Crippen LogP contribution in [0.3, 0.4) is 0 Å². The van der Waals surface area contributed by atoms with Crippen molar-refractivity contribution in [2.45, 2.75) is 44.8 Å². The van der Waals surface area contributed by atoms with Crippen LogP contribution in [0.5, 0.6) is 0 Å². The van der Waals surface area contributed by atoms with Gasteiger partial charge in [0, 0.05) is 24.3 Å². The molecule has 0 aliphatic heterocycles. The monoisotopic (exact) mass is 437 g/mol. The van der Waals surface area contributed by atoms with Crippen molar-refractivity contribution in [3.05, 3.63) is 22.8 Å². The molecule has 0 bridgehead atoms. The predicted molar refractivity (Wildman–Crippen MR) is 108 cm³/mol. The van der Waals surface area contributed by atoms with Crippen molar-refractivity contribution in [3.63, 3.8) is 0 Å². The maximum absolute atomic E-state index is 13.5. The minimum absolute atomic E-state index is 0.0710. The second kappa shape index (κ2) is 9.03. The molecule has 2 aromatic heterocycles. The van der Waals surface area contributed by atoms with Gasteiger partial charge in [0.25, 0.3) is 5.91 Å². The van der Waals surface area contributed by atoms with Crippen LogP contribution in [0.1, 0.15) is 48.0 Å². The van der Waals surface area contributed by atoms with Gasteiger partial charge in [0.15, 0.2) is 5.69 Å². The first-order valence-electron chi connectivity index (χ1n) is 9.38. The zero-order valence-electron chi connectivity index (χ0n) is 16.1. The largest absolute Gasteiger partial charge is 0.435 e. The van der Waals surface area contributed by atoms with Crippen LogP contribution >= 0.6 is 11.3 Å². The fourth-order valence-electron chi connectivity index (χ4n) is 3.14. The van der Waals surface area contributed by atoms with E-state index >= 15 is 0 Å². The summed E-state index contributed by atoms with van der Waals surface area (Å²) in [7, 11) is 5.88. The molecule has 3 N–H and O–H groups in total. The third kappa shape index (κ3) is 5.10. The van der Waals surface area contributed by atoms with Crippen LogP contribution < -0.4 is 21.4 Å². The smallest absolute Gasteiger partial charge is 0.349 e. The highest BCUT2D eigenvalue weighted by molar-refractivity contribution is 7.17. The lowest BCUT2D eigenvalue weighted by molar-refractivity contribution is -0.141. The summed E-state index contributed by atoms with van der Waals surface area (Å²) < 4.78 is 40.6. The molecule has 3 rings (SSSR count). The molecule has 2 heterocycles. The van der Waals surface area contributed by atoms with E-state index in [9.17, 15) is 22.8 Å². The number of amides is 3.